The Hall–Kier alpha value is -0.640. The van der Waals surface area contributed by atoms with Crippen molar-refractivity contribution in [3.05, 3.63) is 12.2 Å². The number of aliphatic carboxylic acids is 1. The van der Waals surface area contributed by atoms with E-state index in [0.29, 0.717) is 0 Å². The van der Waals surface area contributed by atoms with E-state index in [9.17, 15) is 9.36 Å². The SMILES string of the molecule is C=C(CCP(=O)(OC)OC)C(=O)O. The lowest BCUT2D eigenvalue weighted by molar-refractivity contribution is -0.132. The molecule has 0 amide bonds. The summed E-state index contributed by atoms with van der Waals surface area (Å²) in [6.07, 6.45) is 0.124. The normalized spacial score (nSPS) is 11.2. The molecule has 0 rings (SSSR count). The molecule has 0 aromatic carbocycles. The smallest absolute Gasteiger partial charge is 0.330 e. The van der Waals surface area contributed by atoms with Crippen LogP contribution in [0.1, 0.15) is 6.42 Å². The number of hydrogen-bond acceptors (Lipinski definition) is 4. The third-order valence-corrected chi connectivity index (χ3v) is 3.43. The second-order valence-corrected chi connectivity index (χ2v) is 4.76. The molecule has 0 unspecified atom stereocenters. The third-order valence-electron chi connectivity index (χ3n) is 1.55. The summed E-state index contributed by atoms with van der Waals surface area (Å²) in [6, 6.07) is 0. The molecule has 0 aromatic rings. The monoisotopic (exact) mass is 208 g/mol. The lowest BCUT2D eigenvalue weighted by atomic mass is 10.2. The molecule has 0 aliphatic heterocycles. The average Bonchev–Trinajstić information content (AvgIpc) is 2.13. The molecule has 0 saturated carbocycles. The van der Waals surface area contributed by atoms with E-state index < -0.39 is 13.6 Å². The first-order chi connectivity index (χ1) is 5.95. The Labute approximate surface area is 76.9 Å². The molecular weight excluding hydrogens is 195 g/mol. The molecular formula is C7H13O5P. The molecule has 76 valence electrons. The quantitative estimate of drug-likeness (QED) is 0.529. The van der Waals surface area contributed by atoms with Crippen LogP contribution in [-0.2, 0) is 18.4 Å². The van der Waals surface area contributed by atoms with E-state index in [1.165, 1.54) is 14.2 Å². The van der Waals surface area contributed by atoms with E-state index in [-0.39, 0.29) is 18.2 Å². The minimum atomic E-state index is -3.10. The van der Waals surface area contributed by atoms with E-state index in [2.05, 4.69) is 15.6 Å². The summed E-state index contributed by atoms with van der Waals surface area (Å²) in [7, 11) is -0.583. The minimum absolute atomic E-state index is 0.00525. The van der Waals surface area contributed by atoms with Gasteiger partial charge < -0.3 is 14.2 Å². The minimum Gasteiger partial charge on any atom is -0.478 e. The van der Waals surface area contributed by atoms with Crippen molar-refractivity contribution in [1.29, 1.82) is 0 Å². The van der Waals surface area contributed by atoms with Crippen molar-refractivity contribution in [2.45, 2.75) is 6.42 Å². The van der Waals surface area contributed by atoms with E-state index >= 15 is 0 Å². The summed E-state index contributed by atoms with van der Waals surface area (Å²) < 4.78 is 20.6. The Balaban J connectivity index is 4.08. The van der Waals surface area contributed by atoms with Crippen molar-refractivity contribution in [2.24, 2.45) is 0 Å². The molecule has 0 atom stereocenters. The van der Waals surface area contributed by atoms with Gasteiger partial charge in [0.25, 0.3) is 0 Å². The summed E-state index contributed by atoms with van der Waals surface area (Å²) in [4.78, 5) is 10.3. The van der Waals surface area contributed by atoms with Gasteiger partial charge in [-0.15, -0.1) is 0 Å². The fraction of sp³-hybridized carbons (Fsp3) is 0.571. The van der Waals surface area contributed by atoms with Gasteiger partial charge in [-0.3, -0.25) is 4.57 Å². The van der Waals surface area contributed by atoms with Gasteiger partial charge in [-0.1, -0.05) is 6.58 Å². The zero-order valence-electron chi connectivity index (χ0n) is 7.65. The van der Waals surface area contributed by atoms with Gasteiger partial charge in [-0.2, -0.15) is 0 Å². The Morgan fingerprint density at radius 2 is 1.92 bits per heavy atom. The highest BCUT2D eigenvalue weighted by atomic mass is 31.2. The number of rotatable bonds is 6. The van der Waals surface area contributed by atoms with Crippen LogP contribution in [0.2, 0.25) is 0 Å². The van der Waals surface area contributed by atoms with Crippen molar-refractivity contribution in [2.75, 3.05) is 20.4 Å². The Morgan fingerprint density at radius 3 is 2.23 bits per heavy atom. The molecule has 0 heterocycles. The van der Waals surface area contributed by atoms with Gasteiger partial charge in [0.1, 0.15) is 0 Å². The molecule has 6 heteroatoms. The highest BCUT2D eigenvalue weighted by Gasteiger charge is 2.21. The summed E-state index contributed by atoms with van der Waals surface area (Å²) >= 11 is 0. The Kier molecular flexibility index (Phi) is 4.91. The molecule has 0 bridgehead atoms. The fourth-order valence-electron chi connectivity index (χ4n) is 0.636. The molecule has 0 aliphatic carbocycles. The lowest BCUT2D eigenvalue weighted by Crippen LogP contribution is -2.03. The van der Waals surface area contributed by atoms with Crippen LogP contribution in [0, 0.1) is 0 Å². The van der Waals surface area contributed by atoms with Crippen LogP contribution in [0.15, 0.2) is 12.2 Å². The summed E-state index contributed by atoms with van der Waals surface area (Å²) in [5.41, 5.74) is -0.00525. The maximum absolute atomic E-state index is 11.4. The van der Waals surface area contributed by atoms with E-state index in [1.54, 1.807) is 0 Å². The zero-order chi connectivity index (χ0) is 10.5. The second-order valence-electron chi connectivity index (χ2n) is 2.36. The van der Waals surface area contributed by atoms with Crippen LogP contribution in [0.25, 0.3) is 0 Å². The molecule has 0 radical (unpaired) electrons. The van der Waals surface area contributed by atoms with Crippen LogP contribution in [-0.4, -0.2) is 31.5 Å². The summed E-state index contributed by atoms with van der Waals surface area (Å²) in [5.74, 6) is -1.10. The molecule has 0 aliphatic rings. The van der Waals surface area contributed by atoms with Crippen molar-refractivity contribution in [1.82, 2.24) is 0 Å². The molecule has 5 nitrogen and oxygen atoms in total. The van der Waals surface area contributed by atoms with E-state index in [4.69, 9.17) is 5.11 Å². The van der Waals surface area contributed by atoms with E-state index in [0.717, 1.165) is 0 Å². The first-order valence-corrected chi connectivity index (χ1v) is 5.29. The van der Waals surface area contributed by atoms with E-state index in [1.807, 2.05) is 0 Å². The fourth-order valence-corrected chi connectivity index (χ4v) is 1.69. The lowest BCUT2D eigenvalue weighted by Gasteiger charge is -2.12. The van der Waals surface area contributed by atoms with Crippen molar-refractivity contribution in [3.8, 4) is 0 Å². The maximum Gasteiger partial charge on any atom is 0.330 e. The van der Waals surface area contributed by atoms with Gasteiger partial charge >= 0.3 is 13.6 Å². The van der Waals surface area contributed by atoms with Crippen LogP contribution >= 0.6 is 7.60 Å². The number of carboxylic acid groups (broad SMARTS) is 1. The highest BCUT2D eigenvalue weighted by molar-refractivity contribution is 7.53. The van der Waals surface area contributed by atoms with Gasteiger partial charge in [0.05, 0.1) is 6.16 Å². The van der Waals surface area contributed by atoms with Crippen molar-refractivity contribution < 1.29 is 23.5 Å². The van der Waals surface area contributed by atoms with Gasteiger partial charge in [-0.25, -0.2) is 4.79 Å². The van der Waals surface area contributed by atoms with Gasteiger partial charge in [0.15, 0.2) is 0 Å². The van der Waals surface area contributed by atoms with Crippen molar-refractivity contribution >= 4 is 13.6 Å². The molecule has 0 fully saturated rings. The molecule has 0 saturated heterocycles. The van der Waals surface area contributed by atoms with Crippen LogP contribution in [0.3, 0.4) is 0 Å². The predicted octanol–water partition coefficient (Wildman–Crippen LogP) is 1.50. The first-order valence-electron chi connectivity index (χ1n) is 3.57. The average molecular weight is 208 g/mol. The predicted molar refractivity (Wildman–Crippen MR) is 47.9 cm³/mol. The summed E-state index contributed by atoms with van der Waals surface area (Å²) in [6.45, 7) is 3.29. The highest BCUT2D eigenvalue weighted by Crippen LogP contribution is 2.47. The standard InChI is InChI=1S/C7H13O5P/c1-6(7(8)9)4-5-13(10,11-2)12-3/h1,4-5H2,2-3H3,(H,8,9). The molecule has 1 N–H and O–H groups in total. The number of hydrogen-bond donors (Lipinski definition) is 1. The molecule has 0 aromatic heterocycles. The third kappa shape index (κ3) is 4.22. The van der Waals surface area contributed by atoms with Gasteiger partial charge in [0.2, 0.25) is 0 Å². The largest absolute Gasteiger partial charge is 0.478 e. The van der Waals surface area contributed by atoms with Crippen molar-refractivity contribution in [3.63, 3.8) is 0 Å². The van der Waals surface area contributed by atoms with Gasteiger partial charge in [-0.05, 0) is 6.42 Å². The van der Waals surface area contributed by atoms with Gasteiger partial charge in [0, 0.05) is 19.8 Å². The second kappa shape index (κ2) is 5.17. The number of carbonyl (C=O) groups is 1. The molecule has 0 spiro atoms. The first kappa shape index (κ1) is 12.4. The van der Waals surface area contributed by atoms with Crippen LogP contribution in [0.5, 0.6) is 0 Å². The zero-order valence-corrected chi connectivity index (χ0v) is 8.54. The van der Waals surface area contributed by atoms with Crippen LogP contribution in [0.4, 0.5) is 0 Å². The summed E-state index contributed by atoms with van der Waals surface area (Å²) in [5, 5.41) is 8.45. The maximum atomic E-state index is 11.4. The topological polar surface area (TPSA) is 72.8 Å². The Bertz CT molecular complexity index is 239. The molecule has 13 heavy (non-hydrogen) atoms. The van der Waals surface area contributed by atoms with Crippen LogP contribution < -0.4 is 0 Å². The number of carboxylic acids is 1. The Morgan fingerprint density at radius 1 is 1.46 bits per heavy atom.